The third kappa shape index (κ3) is 3.42. The number of aromatic amines is 1. The van der Waals surface area contributed by atoms with Crippen molar-refractivity contribution in [1.82, 2.24) is 19.9 Å². The highest BCUT2D eigenvalue weighted by Gasteiger charge is 2.29. The van der Waals surface area contributed by atoms with Gasteiger partial charge in [0.25, 0.3) is 11.5 Å². The van der Waals surface area contributed by atoms with Crippen molar-refractivity contribution in [3.63, 3.8) is 0 Å². The van der Waals surface area contributed by atoms with Crippen LogP contribution in [0.15, 0.2) is 35.1 Å². The Hall–Kier alpha value is -2.64. The van der Waals surface area contributed by atoms with E-state index in [-0.39, 0.29) is 29.8 Å². The van der Waals surface area contributed by atoms with Gasteiger partial charge in [0.1, 0.15) is 11.2 Å². The predicted octanol–water partition coefficient (Wildman–Crippen LogP) is 2.81. The number of hydrogen-bond acceptors (Lipinski definition) is 4. The van der Waals surface area contributed by atoms with E-state index in [1.807, 2.05) is 30.0 Å². The molecule has 7 nitrogen and oxygen atoms in total. The fraction of sp³-hybridized carbons (Fsp3) is 0.409. The smallest absolute Gasteiger partial charge is 0.263 e. The van der Waals surface area contributed by atoms with E-state index in [1.54, 1.807) is 10.6 Å². The average molecular weight is 428 g/mol. The molecule has 0 aliphatic carbocycles. The highest BCUT2D eigenvalue weighted by atomic mass is 35.5. The van der Waals surface area contributed by atoms with Gasteiger partial charge in [-0.25, -0.2) is 4.52 Å². The van der Waals surface area contributed by atoms with E-state index >= 15 is 0 Å². The number of piperidine rings is 1. The Morgan fingerprint density at radius 2 is 1.97 bits per heavy atom. The van der Waals surface area contributed by atoms with Gasteiger partial charge in [-0.1, -0.05) is 18.2 Å². The third-order valence-electron chi connectivity index (χ3n) is 6.15. The molecule has 0 spiro atoms. The number of nitrogens with zero attached hydrogens (tertiary/aromatic N) is 3. The molecule has 0 saturated carbocycles. The second-order valence-electron chi connectivity index (χ2n) is 7.99. The molecule has 1 amide bonds. The van der Waals surface area contributed by atoms with Crippen molar-refractivity contribution in [2.75, 3.05) is 24.5 Å². The van der Waals surface area contributed by atoms with Crippen LogP contribution in [0.3, 0.4) is 0 Å². The maximum atomic E-state index is 13.6. The van der Waals surface area contributed by atoms with Gasteiger partial charge in [-0.3, -0.25) is 9.59 Å². The van der Waals surface area contributed by atoms with Gasteiger partial charge >= 0.3 is 0 Å². The lowest BCUT2D eigenvalue weighted by atomic mass is 9.94. The van der Waals surface area contributed by atoms with Crippen LogP contribution in [0.4, 0.5) is 5.69 Å². The van der Waals surface area contributed by atoms with Crippen LogP contribution in [0.2, 0.25) is 0 Å². The Balaban J connectivity index is 0.00000218. The minimum atomic E-state index is -0.181. The van der Waals surface area contributed by atoms with Crippen molar-refractivity contribution < 1.29 is 4.79 Å². The van der Waals surface area contributed by atoms with E-state index in [2.05, 4.69) is 21.5 Å². The summed E-state index contributed by atoms with van der Waals surface area (Å²) in [5.74, 6) is 0.168. The van der Waals surface area contributed by atoms with E-state index < -0.39 is 0 Å². The molecule has 0 radical (unpaired) electrons. The van der Waals surface area contributed by atoms with E-state index in [0.717, 1.165) is 50.2 Å². The molecule has 0 bridgehead atoms. The normalized spacial score (nSPS) is 16.9. The first-order valence-corrected chi connectivity index (χ1v) is 10.4. The number of aromatic nitrogens is 3. The molecule has 0 unspecified atom stereocenters. The number of carbonyl (C=O) groups is 1. The van der Waals surface area contributed by atoms with Gasteiger partial charge in [0.15, 0.2) is 0 Å². The number of hydrogen-bond donors (Lipinski definition) is 2. The Morgan fingerprint density at radius 1 is 1.20 bits per heavy atom. The number of amides is 1. The van der Waals surface area contributed by atoms with Gasteiger partial charge in [0.05, 0.1) is 11.4 Å². The fourth-order valence-electron chi connectivity index (χ4n) is 4.72. The summed E-state index contributed by atoms with van der Waals surface area (Å²) in [7, 11) is 0. The molecule has 1 saturated heterocycles. The molecule has 0 atom stereocenters. The minimum Gasteiger partial charge on any atom is -0.317 e. The minimum absolute atomic E-state index is 0. The first-order valence-electron chi connectivity index (χ1n) is 10.4. The molecule has 3 aromatic rings. The summed E-state index contributed by atoms with van der Waals surface area (Å²) in [6.45, 7) is 4.37. The Kier molecular flexibility index (Phi) is 5.66. The van der Waals surface area contributed by atoms with Gasteiger partial charge in [0.2, 0.25) is 0 Å². The molecular formula is C22H26ClN5O2. The van der Waals surface area contributed by atoms with E-state index in [1.165, 1.54) is 5.56 Å². The molecule has 1 fully saturated rings. The van der Waals surface area contributed by atoms with Gasteiger partial charge in [-0.15, -0.1) is 12.4 Å². The highest BCUT2D eigenvalue weighted by Crippen LogP contribution is 2.30. The Labute approximate surface area is 180 Å². The molecule has 8 heteroatoms. The molecule has 1 aromatic carbocycles. The van der Waals surface area contributed by atoms with Crippen molar-refractivity contribution in [2.24, 2.45) is 0 Å². The van der Waals surface area contributed by atoms with Crippen LogP contribution in [0.25, 0.3) is 5.65 Å². The van der Waals surface area contributed by atoms with E-state index in [4.69, 9.17) is 0 Å². The number of rotatable bonds is 2. The predicted molar refractivity (Wildman–Crippen MR) is 119 cm³/mol. The van der Waals surface area contributed by atoms with Crippen molar-refractivity contribution in [2.45, 2.75) is 38.5 Å². The number of H-pyrrole nitrogens is 1. The van der Waals surface area contributed by atoms with Crippen LogP contribution in [0.5, 0.6) is 0 Å². The van der Waals surface area contributed by atoms with Gasteiger partial charge in [-0.05, 0) is 57.3 Å². The zero-order chi connectivity index (χ0) is 20.0. The number of benzene rings is 1. The van der Waals surface area contributed by atoms with E-state index in [9.17, 15) is 9.59 Å². The lowest BCUT2D eigenvalue weighted by Gasteiger charge is -2.29. The van der Waals surface area contributed by atoms with Crippen molar-refractivity contribution >= 4 is 29.6 Å². The molecule has 4 heterocycles. The van der Waals surface area contributed by atoms with Crippen LogP contribution >= 0.6 is 12.4 Å². The van der Waals surface area contributed by atoms with Crippen molar-refractivity contribution in [1.29, 1.82) is 0 Å². The molecule has 5 rings (SSSR count). The third-order valence-corrected chi connectivity index (χ3v) is 6.15. The van der Waals surface area contributed by atoms with Crippen molar-refractivity contribution in [3.8, 4) is 0 Å². The van der Waals surface area contributed by atoms with Crippen LogP contribution in [0.1, 0.15) is 52.5 Å². The van der Waals surface area contributed by atoms with Crippen LogP contribution in [-0.2, 0) is 6.42 Å². The highest BCUT2D eigenvalue weighted by molar-refractivity contribution is 6.11. The molecule has 2 aromatic heterocycles. The molecule has 2 aliphatic heterocycles. The SMILES string of the molecule is Cc1nn2c(C3CCNCC3)cc(=O)[nH]c2c1C(=O)N1CCCc2ccccc21.Cl. The number of fused-ring (bicyclic) bond motifs is 2. The number of aryl methyl sites for hydroxylation is 2. The largest absolute Gasteiger partial charge is 0.317 e. The maximum absolute atomic E-state index is 13.6. The lowest BCUT2D eigenvalue weighted by molar-refractivity contribution is 0.0986. The summed E-state index contributed by atoms with van der Waals surface area (Å²) in [6, 6.07) is 9.69. The Morgan fingerprint density at radius 3 is 2.77 bits per heavy atom. The van der Waals surface area contributed by atoms with Crippen LogP contribution < -0.4 is 15.8 Å². The van der Waals surface area contributed by atoms with Crippen LogP contribution in [-0.4, -0.2) is 40.1 Å². The maximum Gasteiger partial charge on any atom is 0.263 e. The van der Waals surface area contributed by atoms with Gasteiger partial charge in [0, 0.05) is 24.2 Å². The first kappa shape index (κ1) is 20.6. The number of carbonyl (C=O) groups excluding carboxylic acids is 1. The molecular weight excluding hydrogens is 402 g/mol. The molecule has 2 N–H and O–H groups in total. The van der Waals surface area contributed by atoms with Crippen molar-refractivity contribution in [3.05, 3.63) is 63.2 Å². The summed E-state index contributed by atoms with van der Waals surface area (Å²) in [6.07, 6.45) is 3.82. The van der Waals surface area contributed by atoms with Gasteiger partial charge < -0.3 is 15.2 Å². The summed E-state index contributed by atoms with van der Waals surface area (Å²) in [4.78, 5) is 30.8. The fourth-order valence-corrected chi connectivity index (χ4v) is 4.72. The summed E-state index contributed by atoms with van der Waals surface area (Å²) >= 11 is 0. The number of halogens is 1. The number of para-hydroxylation sites is 1. The van der Waals surface area contributed by atoms with E-state index in [0.29, 0.717) is 23.4 Å². The average Bonchev–Trinajstić information content (AvgIpc) is 3.08. The quantitative estimate of drug-likeness (QED) is 0.658. The lowest BCUT2D eigenvalue weighted by Crippen LogP contribution is -2.36. The standard InChI is InChI=1S/C22H25N5O2.ClH/c1-14-20(22(29)26-12-4-6-15-5-2-3-7-17(15)26)21-24-19(28)13-18(27(21)25-14)16-8-10-23-11-9-16;/h2-3,5,7,13,16,23H,4,6,8-12H2,1H3,(H,24,28);1H. The summed E-state index contributed by atoms with van der Waals surface area (Å²) < 4.78 is 1.79. The number of anilines is 1. The molecule has 2 aliphatic rings. The second-order valence-corrected chi connectivity index (χ2v) is 7.99. The summed E-state index contributed by atoms with van der Waals surface area (Å²) in [5, 5.41) is 8.04. The monoisotopic (exact) mass is 427 g/mol. The number of nitrogens with one attached hydrogen (secondary N) is 2. The van der Waals surface area contributed by atoms with Crippen LogP contribution in [0, 0.1) is 6.92 Å². The zero-order valence-corrected chi connectivity index (χ0v) is 17.8. The topological polar surface area (TPSA) is 82.5 Å². The Bertz CT molecular complexity index is 1150. The summed E-state index contributed by atoms with van der Waals surface area (Å²) in [5.41, 5.74) is 4.51. The molecule has 158 valence electrons. The van der Waals surface area contributed by atoms with Gasteiger partial charge in [-0.2, -0.15) is 5.10 Å². The molecule has 30 heavy (non-hydrogen) atoms. The zero-order valence-electron chi connectivity index (χ0n) is 17.0. The second kappa shape index (κ2) is 8.24. The first-order chi connectivity index (χ1) is 14.1.